The summed E-state index contributed by atoms with van der Waals surface area (Å²) in [7, 11) is 0. The Balaban J connectivity index is 1.90. The van der Waals surface area contributed by atoms with Gasteiger partial charge in [-0.05, 0) is 12.0 Å². The van der Waals surface area contributed by atoms with Gasteiger partial charge in [-0.1, -0.05) is 43.7 Å². The summed E-state index contributed by atoms with van der Waals surface area (Å²) in [4.78, 5) is 27.2. The zero-order valence-electron chi connectivity index (χ0n) is 13.0. The molecule has 1 heterocycles. The quantitative estimate of drug-likeness (QED) is 0.778. The number of aromatic carboxylic acids is 1. The lowest BCUT2D eigenvalue weighted by Crippen LogP contribution is -2.31. The molecule has 0 bridgehead atoms. The molecular formula is C17H20N2O3S. The van der Waals surface area contributed by atoms with Gasteiger partial charge in [0.05, 0.1) is 10.9 Å². The van der Waals surface area contributed by atoms with Crippen LogP contribution < -0.4 is 5.32 Å². The molecule has 0 saturated carbocycles. The third-order valence-electron chi connectivity index (χ3n) is 3.50. The number of carbonyl (C=O) groups excluding carboxylic acids is 1. The van der Waals surface area contributed by atoms with Crippen LogP contribution in [0, 0.1) is 0 Å². The summed E-state index contributed by atoms with van der Waals surface area (Å²) < 4.78 is 0. The fourth-order valence-corrected chi connectivity index (χ4v) is 3.14. The maximum Gasteiger partial charge on any atom is 0.355 e. The van der Waals surface area contributed by atoms with Gasteiger partial charge in [0.15, 0.2) is 5.69 Å². The molecule has 1 atom stereocenters. The van der Waals surface area contributed by atoms with Crippen molar-refractivity contribution >= 4 is 23.2 Å². The van der Waals surface area contributed by atoms with E-state index in [1.807, 2.05) is 30.3 Å². The summed E-state index contributed by atoms with van der Waals surface area (Å²) in [5.41, 5.74) is 1.08. The van der Waals surface area contributed by atoms with E-state index in [0.29, 0.717) is 13.0 Å². The molecule has 0 saturated heterocycles. The molecule has 0 fully saturated rings. The van der Waals surface area contributed by atoms with Crippen molar-refractivity contribution in [2.45, 2.75) is 32.1 Å². The topological polar surface area (TPSA) is 79.3 Å². The number of rotatable bonds is 8. The van der Waals surface area contributed by atoms with E-state index in [4.69, 9.17) is 5.11 Å². The molecule has 122 valence electrons. The van der Waals surface area contributed by atoms with Gasteiger partial charge in [-0.2, -0.15) is 0 Å². The first-order valence-electron chi connectivity index (χ1n) is 7.62. The summed E-state index contributed by atoms with van der Waals surface area (Å²) in [5.74, 6) is -1.16. The van der Waals surface area contributed by atoms with Crippen LogP contribution in [-0.4, -0.2) is 28.5 Å². The highest BCUT2D eigenvalue weighted by Crippen LogP contribution is 2.21. The summed E-state index contributed by atoms with van der Waals surface area (Å²) in [6, 6.07) is 9.76. The van der Waals surface area contributed by atoms with E-state index in [9.17, 15) is 9.59 Å². The monoisotopic (exact) mass is 332 g/mol. The molecule has 0 radical (unpaired) electrons. The van der Waals surface area contributed by atoms with Crippen molar-refractivity contribution in [3.63, 3.8) is 0 Å². The number of carbonyl (C=O) groups is 2. The molecule has 0 spiro atoms. The molecule has 1 aromatic heterocycles. The van der Waals surface area contributed by atoms with E-state index in [1.165, 1.54) is 16.7 Å². The van der Waals surface area contributed by atoms with Crippen LogP contribution in [0.4, 0.5) is 0 Å². The number of hydrogen-bond acceptors (Lipinski definition) is 4. The standard InChI is InChI=1S/C17H20N2O3S/c1-2-6-13(12-7-4-3-5-8-12)16(20)18-10-9-15-19-14(11-23-15)17(21)22/h3-5,7-8,11,13H,2,6,9-10H2,1H3,(H,18,20)(H,21,22). The van der Waals surface area contributed by atoms with Gasteiger partial charge in [0.2, 0.25) is 5.91 Å². The van der Waals surface area contributed by atoms with Crippen LogP contribution >= 0.6 is 11.3 Å². The molecule has 2 N–H and O–H groups in total. The second-order valence-electron chi connectivity index (χ2n) is 5.22. The smallest absolute Gasteiger partial charge is 0.355 e. The van der Waals surface area contributed by atoms with Gasteiger partial charge < -0.3 is 10.4 Å². The third-order valence-corrected chi connectivity index (χ3v) is 4.41. The first-order chi connectivity index (χ1) is 11.1. The maximum atomic E-state index is 12.4. The lowest BCUT2D eigenvalue weighted by atomic mass is 9.93. The van der Waals surface area contributed by atoms with Crippen LogP contribution in [0.1, 0.15) is 46.7 Å². The molecule has 1 aromatic carbocycles. The largest absolute Gasteiger partial charge is 0.476 e. The van der Waals surface area contributed by atoms with Crippen LogP contribution in [0.15, 0.2) is 35.7 Å². The number of aromatic nitrogens is 1. The van der Waals surface area contributed by atoms with Gasteiger partial charge in [0, 0.05) is 18.3 Å². The summed E-state index contributed by atoms with van der Waals surface area (Å²) in [6.45, 7) is 2.52. The SMILES string of the molecule is CCCC(C(=O)NCCc1nc(C(=O)O)cs1)c1ccccc1. The number of amides is 1. The number of nitrogens with one attached hydrogen (secondary N) is 1. The maximum absolute atomic E-state index is 12.4. The van der Waals surface area contributed by atoms with Crippen molar-refractivity contribution in [2.24, 2.45) is 0 Å². The van der Waals surface area contributed by atoms with E-state index in [-0.39, 0.29) is 17.5 Å². The van der Waals surface area contributed by atoms with Crippen molar-refractivity contribution in [1.82, 2.24) is 10.3 Å². The first-order valence-corrected chi connectivity index (χ1v) is 8.50. The minimum Gasteiger partial charge on any atom is -0.476 e. The van der Waals surface area contributed by atoms with E-state index >= 15 is 0 Å². The Hall–Kier alpha value is -2.21. The van der Waals surface area contributed by atoms with Crippen LogP contribution in [0.3, 0.4) is 0 Å². The first kappa shape index (κ1) is 17.1. The van der Waals surface area contributed by atoms with Crippen molar-refractivity contribution in [3.8, 4) is 0 Å². The molecule has 1 unspecified atom stereocenters. The molecule has 1 amide bonds. The number of thiazole rings is 1. The number of benzene rings is 1. The van der Waals surface area contributed by atoms with E-state index in [2.05, 4.69) is 17.2 Å². The van der Waals surface area contributed by atoms with Gasteiger partial charge in [-0.15, -0.1) is 11.3 Å². The Kier molecular flexibility index (Phi) is 6.29. The highest BCUT2D eigenvalue weighted by atomic mass is 32.1. The van der Waals surface area contributed by atoms with Gasteiger partial charge >= 0.3 is 5.97 Å². The van der Waals surface area contributed by atoms with Crippen LogP contribution in [0.2, 0.25) is 0 Å². The fourth-order valence-electron chi connectivity index (χ4n) is 2.36. The van der Waals surface area contributed by atoms with Crippen molar-refractivity contribution in [3.05, 3.63) is 52.0 Å². The fraction of sp³-hybridized carbons (Fsp3) is 0.353. The highest BCUT2D eigenvalue weighted by molar-refractivity contribution is 7.09. The number of carboxylic acids is 1. The van der Waals surface area contributed by atoms with Crippen LogP contribution in [0.25, 0.3) is 0 Å². The molecule has 2 aromatic rings. The van der Waals surface area contributed by atoms with Crippen LogP contribution in [0.5, 0.6) is 0 Å². The molecular weight excluding hydrogens is 312 g/mol. The predicted octanol–water partition coefficient (Wildman–Crippen LogP) is 3.08. The zero-order chi connectivity index (χ0) is 16.7. The molecule has 6 heteroatoms. The molecule has 0 aliphatic heterocycles. The Morgan fingerprint density at radius 2 is 2.04 bits per heavy atom. The third kappa shape index (κ3) is 4.89. The second-order valence-corrected chi connectivity index (χ2v) is 6.17. The van der Waals surface area contributed by atoms with Gasteiger partial charge in [-0.25, -0.2) is 9.78 Å². The number of nitrogens with zero attached hydrogens (tertiary/aromatic N) is 1. The lowest BCUT2D eigenvalue weighted by molar-refractivity contribution is -0.122. The second kappa shape index (κ2) is 8.43. The number of hydrogen-bond donors (Lipinski definition) is 2. The van der Waals surface area contributed by atoms with Crippen molar-refractivity contribution in [2.75, 3.05) is 6.54 Å². The van der Waals surface area contributed by atoms with Gasteiger partial charge in [0.25, 0.3) is 0 Å². The number of carboxylic acid groups (broad SMARTS) is 1. The molecule has 0 aliphatic rings. The van der Waals surface area contributed by atoms with Gasteiger partial charge in [-0.3, -0.25) is 4.79 Å². The Morgan fingerprint density at radius 3 is 2.65 bits per heavy atom. The average Bonchev–Trinajstić information content (AvgIpc) is 3.02. The van der Waals surface area contributed by atoms with E-state index in [1.54, 1.807) is 0 Å². The summed E-state index contributed by atoms with van der Waals surface area (Å²) >= 11 is 1.30. The lowest BCUT2D eigenvalue weighted by Gasteiger charge is -2.16. The predicted molar refractivity (Wildman–Crippen MR) is 89.9 cm³/mol. The normalized spacial score (nSPS) is 11.9. The Bertz CT molecular complexity index is 655. The Morgan fingerprint density at radius 1 is 1.30 bits per heavy atom. The summed E-state index contributed by atoms with van der Waals surface area (Å²) in [5, 5.41) is 14.0. The van der Waals surface area contributed by atoms with E-state index < -0.39 is 5.97 Å². The highest BCUT2D eigenvalue weighted by Gasteiger charge is 2.19. The average molecular weight is 332 g/mol. The van der Waals surface area contributed by atoms with Gasteiger partial charge in [0.1, 0.15) is 0 Å². The molecule has 2 rings (SSSR count). The Labute approximate surface area is 139 Å². The van der Waals surface area contributed by atoms with Crippen molar-refractivity contribution in [1.29, 1.82) is 0 Å². The minimum absolute atomic E-state index is 0.00747. The van der Waals surface area contributed by atoms with Crippen LogP contribution in [-0.2, 0) is 11.2 Å². The molecule has 23 heavy (non-hydrogen) atoms. The minimum atomic E-state index is -1.02. The molecule has 5 nitrogen and oxygen atoms in total. The molecule has 0 aliphatic carbocycles. The zero-order valence-corrected chi connectivity index (χ0v) is 13.8. The summed E-state index contributed by atoms with van der Waals surface area (Å²) in [6.07, 6.45) is 2.27. The van der Waals surface area contributed by atoms with E-state index in [0.717, 1.165) is 23.4 Å². The van der Waals surface area contributed by atoms with Crippen molar-refractivity contribution < 1.29 is 14.7 Å².